The van der Waals surface area contributed by atoms with Crippen molar-refractivity contribution in [1.29, 1.82) is 5.26 Å². The standard InChI is InChI=1S/C13H24F3N3/c1-6-18-12(5,8-17)7-11(4)19(10(2)3)9-13(14,15)16/h10-11,18H,6-7,9H2,1-5H3. The maximum atomic E-state index is 12.6. The molecule has 0 aliphatic carbocycles. The van der Waals surface area contributed by atoms with Crippen LogP contribution in [0.5, 0.6) is 0 Å². The van der Waals surface area contributed by atoms with Crippen LogP contribution in [0.4, 0.5) is 13.2 Å². The van der Waals surface area contributed by atoms with Crippen molar-refractivity contribution in [2.75, 3.05) is 13.1 Å². The molecule has 0 aliphatic rings. The van der Waals surface area contributed by atoms with Gasteiger partial charge in [-0.05, 0) is 40.7 Å². The van der Waals surface area contributed by atoms with E-state index in [0.29, 0.717) is 13.0 Å². The van der Waals surface area contributed by atoms with Crippen LogP contribution in [0.15, 0.2) is 0 Å². The molecule has 3 nitrogen and oxygen atoms in total. The second kappa shape index (κ2) is 7.11. The maximum absolute atomic E-state index is 12.6. The van der Waals surface area contributed by atoms with E-state index in [1.165, 1.54) is 4.90 Å². The summed E-state index contributed by atoms with van der Waals surface area (Å²) in [5.74, 6) is 0. The molecule has 0 heterocycles. The SMILES string of the molecule is CCNC(C)(C#N)CC(C)N(CC(F)(F)F)C(C)C. The zero-order valence-corrected chi connectivity index (χ0v) is 12.3. The quantitative estimate of drug-likeness (QED) is 0.779. The Labute approximate surface area is 113 Å². The Morgan fingerprint density at radius 2 is 1.79 bits per heavy atom. The lowest BCUT2D eigenvalue weighted by Crippen LogP contribution is -2.51. The summed E-state index contributed by atoms with van der Waals surface area (Å²) in [6.07, 6.45) is -3.87. The van der Waals surface area contributed by atoms with Crippen molar-refractivity contribution in [1.82, 2.24) is 10.2 Å². The predicted octanol–water partition coefficient (Wildman–Crippen LogP) is 2.93. The first-order valence-corrected chi connectivity index (χ1v) is 6.53. The third kappa shape index (κ3) is 6.79. The van der Waals surface area contributed by atoms with Crippen LogP contribution in [0.2, 0.25) is 0 Å². The summed E-state index contributed by atoms with van der Waals surface area (Å²) < 4.78 is 37.7. The average molecular weight is 279 g/mol. The molecule has 0 radical (unpaired) electrons. The van der Waals surface area contributed by atoms with Crippen molar-refractivity contribution in [2.24, 2.45) is 0 Å². The van der Waals surface area contributed by atoms with Crippen LogP contribution >= 0.6 is 0 Å². The van der Waals surface area contributed by atoms with Gasteiger partial charge in [-0.2, -0.15) is 18.4 Å². The lowest BCUT2D eigenvalue weighted by molar-refractivity contribution is -0.155. The van der Waals surface area contributed by atoms with E-state index in [9.17, 15) is 13.2 Å². The van der Waals surface area contributed by atoms with Crippen molar-refractivity contribution in [2.45, 2.75) is 64.8 Å². The molecule has 0 saturated carbocycles. The zero-order valence-electron chi connectivity index (χ0n) is 12.3. The van der Waals surface area contributed by atoms with E-state index in [2.05, 4.69) is 11.4 Å². The summed E-state index contributed by atoms with van der Waals surface area (Å²) in [6.45, 7) is 8.46. The molecule has 112 valence electrons. The Kier molecular flexibility index (Phi) is 6.81. The molecule has 0 saturated heterocycles. The zero-order chi connectivity index (χ0) is 15.3. The number of nitrogens with one attached hydrogen (secondary N) is 1. The molecule has 0 aliphatic heterocycles. The van der Waals surface area contributed by atoms with E-state index in [4.69, 9.17) is 5.26 Å². The predicted molar refractivity (Wildman–Crippen MR) is 69.7 cm³/mol. The summed E-state index contributed by atoms with van der Waals surface area (Å²) >= 11 is 0. The highest BCUT2D eigenvalue weighted by atomic mass is 19.4. The summed E-state index contributed by atoms with van der Waals surface area (Å²) in [5.41, 5.74) is -0.799. The van der Waals surface area contributed by atoms with Gasteiger partial charge in [0, 0.05) is 12.1 Å². The molecule has 0 aromatic carbocycles. The van der Waals surface area contributed by atoms with Crippen molar-refractivity contribution >= 4 is 0 Å². The van der Waals surface area contributed by atoms with Gasteiger partial charge in [0.25, 0.3) is 0 Å². The minimum atomic E-state index is -4.22. The summed E-state index contributed by atoms with van der Waals surface area (Å²) in [7, 11) is 0. The van der Waals surface area contributed by atoms with Gasteiger partial charge in [0.1, 0.15) is 5.54 Å². The molecule has 0 aromatic heterocycles. The van der Waals surface area contributed by atoms with Gasteiger partial charge in [-0.15, -0.1) is 0 Å². The topological polar surface area (TPSA) is 39.1 Å². The fourth-order valence-corrected chi connectivity index (χ4v) is 2.31. The second-order valence-corrected chi connectivity index (χ2v) is 5.41. The average Bonchev–Trinajstić information content (AvgIpc) is 2.24. The molecule has 19 heavy (non-hydrogen) atoms. The number of alkyl halides is 3. The van der Waals surface area contributed by atoms with E-state index in [1.54, 1.807) is 27.7 Å². The van der Waals surface area contributed by atoms with Crippen LogP contribution in [0, 0.1) is 11.3 Å². The van der Waals surface area contributed by atoms with Crippen LogP contribution in [0.3, 0.4) is 0 Å². The normalized spacial score (nSPS) is 17.3. The van der Waals surface area contributed by atoms with Crippen LogP contribution in [0.1, 0.15) is 41.0 Å². The molecule has 0 spiro atoms. The Morgan fingerprint density at radius 1 is 1.26 bits per heavy atom. The van der Waals surface area contributed by atoms with Gasteiger partial charge in [0.2, 0.25) is 0 Å². The van der Waals surface area contributed by atoms with Gasteiger partial charge in [-0.25, -0.2) is 0 Å². The van der Waals surface area contributed by atoms with Gasteiger partial charge in [0.15, 0.2) is 0 Å². The van der Waals surface area contributed by atoms with Gasteiger partial charge in [-0.3, -0.25) is 10.2 Å². The largest absolute Gasteiger partial charge is 0.401 e. The Balaban J connectivity index is 4.83. The van der Waals surface area contributed by atoms with E-state index in [0.717, 1.165) is 0 Å². The molecular weight excluding hydrogens is 255 g/mol. The lowest BCUT2D eigenvalue weighted by atomic mass is 9.93. The third-order valence-electron chi connectivity index (χ3n) is 3.11. The summed E-state index contributed by atoms with van der Waals surface area (Å²) in [4.78, 5) is 1.38. The van der Waals surface area contributed by atoms with Gasteiger partial charge < -0.3 is 0 Å². The highest BCUT2D eigenvalue weighted by Gasteiger charge is 2.36. The van der Waals surface area contributed by atoms with Crippen LogP contribution in [-0.4, -0.2) is 41.8 Å². The molecule has 0 fully saturated rings. The maximum Gasteiger partial charge on any atom is 0.401 e. The first kappa shape index (κ1) is 18.2. The highest BCUT2D eigenvalue weighted by Crippen LogP contribution is 2.23. The van der Waals surface area contributed by atoms with E-state index in [-0.39, 0.29) is 12.1 Å². The minimum Gasteiger partial charge on any atom is -0.300 e. The molecule has 0 rings (SSSR count). The number of halogens is 3. The first-order chi connectivity index (χ1) is 8.54. The highest BCUT2D eigenvalue weighted by molar-refractivity contribution is 5.05. The number of nitrogens with zero attached hydrogens (tertiary/aromatic N) is 2. The van der Waals surface area contributed by atoms with Crippen molar-refractivity contribution < 1.29 is 13.2 Å². The molecule has 2 unspecified atom stereocenters. The fraction of sp³-hybridized carbons (Fsp3) is 0.923. The Bertz CT molecular complexity index is 309. The minimum absolute atomic E-state index is 0.221. The van der Waals surface area contributed by atoms with Crippen LogP contribution < -0.4 is 5.32 Å². The van der Waals surface area contributed by atoms with Gasteiger partial charge in [0.05, 0.1) is 12.6 Å². The smallest absolute Gasteiger partial charge is 0.300 e. The van der Waals surface area contributed by atoms with Crippen molar-refractivity contribution in [3.8, 4) is 6.07 Å². The Morgan fingerprint density at radius 3 is 2.11 bits per heavy atom. The monoisotopic (exact) mass is 279 g/mol. The van der Waals surface area contributed by atoms with Crippen LogP contribution in [-0.2, 0) is 0 Å². The summed E-state index contributed by atoms with van der Waals surface area (Å²) in [5, 5.41) is 12.2. The number of hydrogen-bond acceptors (Lipinski definition) is 3. The number of rotatable bonds is 7. The van der Waals surface area contributed by atoms with E-state index < -0.39 is 18.3 Å². The fourth-order valence-electron chi connectivity index (χ4n) is 2.31. The van der Waals surface area contributed by atoms with Crippen LogP contribution in [0.25, 0.3) is 0 Å². The molecule has 0 amide bonds. The van der Waals surface area contributed by atoms with E-state index >= 15 is 0 Å². The van der Waals surface area contributed by atoms with Gasteiger partial charge in [-0.1, -0.05) is 6.92 Å². The third-order valence-corrected chi connectivity index (χ3v) is 3.11. The molecule has 2 atom stereocenters. The van der Waals surface area contributed by atoms with Gasteiger partial charge >= 0.3 is 6.18 Å². The molecule has 0 bridgehead atoms. The molecule has 1 N–H and O–H groups in total. The molecule has 6 heteroatoms. The van der Waals surface area contributed by atoms with E-state index in [1.807, 2.05) is 6.92 Å². The second-order valence-electron chi connectivity index (χ2n) is 5.41. The number of hydrogen-bond donors (Lipinski definition) is 1. The lowest BCUT2D eigenvalue weighted by Gasteiger charge is -2.37. The summed E-state index contributed by atoms with van der Waals surface area (Å²) in [6, 6.07) is 1.60. The number of nitriles is 1. The van der Waals surface area contributed by atoms with Crippen molar-refractivity contribution in [3.05, 3.63) is 0 Å². The van der Waals surface area contributed by atoms with Crippen molar-refractivity contribution in [3.63, 3.8) is 0 Å². The molecular formula is C13H24F3N3. The molecule has 0 aromatic rings. The first-order valence-electron chi connectivity index (χ1n) is 6.53. The Hall–Kier alpha value is -0.800.